The zero-order chi connectivity index (χ0) is 18.4. The van der Waals surface area contributed by atoms with Crippen LogP contribution in [-0.4, -0.2) is 21.4 Å². The van der Waals surface area contributed by atoms with Crippen molar-refractivity contribution in [3.05, 3.63) is 66.0 Å². The summed E-state index contributed by atoms with van der Waals surface area (Å²) in [6.07, 6.45) is 0.600. The molecule has 0 aliphatic carbocycles. The van der Waals surface area contributed by atoms with E-state index >= 15 is 0 Å². The molecule has 0 spiro atoms. The first kappa shape index (κ1) is 18.1. The highest BCUT2D eigenvalue weighted by Crippen LogP contribution is 2.28. The Bertz CT molecular complexity index is 870. The number of halogens is 1. The van der Waals surface area contributed by atoms with Gasteiger partial charge < -0.3 is 9.73 Å². The molecular weight excluding hydrogens is 353 g/mol. The lowest BCUT2D eigenvalue weighted by atomic mass is 10.2. The molecule has 7 heteroatoms. The van der Waals surface area contributed by atoms with E-state index in [4.69, 9.17) is 4.42 Å². The molecular formula is C19H18FN3O2S. The van der Waals surface area contributed by atoms with Crippen LogP contribution in [0.4, 0.5) is 4.39 Å². The van der Waals surface area contributed by atoms with E-state index in [0.29, 0.717) is 13.0 Å². The quantitative estimate of drug-likeness (QED) is 0.634. The van der Waals surface area contributed by atoms with Crippen LogP contribution in [0.25, 0.3) is 11.5 Å². The fourth-order valence-corrected chi connectivity index (χ4v) is 3.16. The molecule has 1 atom stereocenters. The number of nitrogens with zero attached hydrogens (tertiary/aromatic N) is 2. The van der Waals surface area contributed by atoms with Crippen molar-refractivity contribution in [2.45, 2.75) is 30.4 Å². The van der Waals surface area contributed by atoms with Gasteiger partial charge in [0.25, 0.3) is 11.1 Å². The molecule has 0 fully saturated rings. The second-order valence-electron chi connectivity index (χ2n) is 5.57. The molecule has 0 saturated heterocycles. The van der Waals surface area contributed by atoms with Crippen molar-refractivity contribution in [3.8, 4) is 11.5 Å². The summed E-state index contributed by atoms with van der Waals surface area (Å²) >= 11 is 1.18. The number of thioether (sulfide) groups is 1. The summed E-state index contributed by atoms with van der Waals surface area (Å²) in [5.74, 6) is -0.433. The first-order valence-corrected chi connectivity index (χ1v) is 9.12. The topological polar surface area (TPSA) is 68.0 Å². The van der Waals surface area contributed by atoms with Crippen molar-refractivity contribution in [2.24, 2.45) is 0 Å². The average molecular weight is 371 g/mol. The molecule has 134 valence electrons. The van der Waals surface area contributed by atoms with Crippen molar-refractivity contribution >= 4 is 17.7 Å². The van der Waals surface area contributed by atoms with Crippen LogP contribution in [0.15, 0.2) is 64.2 Å². The number of benzene rings is 2. The van der Waals surface area contributed by atoms with Gasteiger partial charge in [0, 0.05) is 6.54 Å². The molecule has 0 saturated carbocycles. The monoisotopic (exact) mass is 371 g/mol. The predicted octanol–water partition coefficient (Wildman–Crippen LogP) is 4.06. The van der Waals surface area contributed by atoms with Gasteiger partial charge in [0.2, 0.25) is 5.91 Å². The first-order chi connectivity index (χ1) is 12.7. The van der Waals surface area contributed by atoms with Crippen LogP contribution in [0.1, 0.15) is 18.9 Å². The number of hydrogen-bond acceptors (Lipinski definition) is 5. The van der Waals surface area contributed by atoms with Crippen molar-refractivity contribution in [1.29, 1.82) is 0 Å². The minimum Gasteiger partial charge on any atom is -0.411 e. The number of carbonyl (C=O) groups excluding carboxylic acids is 1. The molecule has 0 radical (unpaired) electrons. The number of carbonyl (C=O) groups is 1. The van der Waals surface area contributed by atoms with Crippen molar-refractivity contribution in [2.75, 3.05) is 0 Å². The van der Waals surface area contributed by atoms with E-state index in [1.165, 1.54) is 17.8 Å². The smallest absolute Gasteiger partial charge is 0.277 e. The maximum absolute atomic E-state index is 13.8. The zero-order valence-electron chi connectivity index (χ0n) is 14.2. The van der Waals surface area contributed by atoms with Crippen LogP contribution >= 0.6 is 11.8 Å². The Hall–Kier alpha value is -2.67. The lowest BCUT2D eigenvalue weighted by molar-refractivity contribution is -0.120. The van der Waals surface area contributed by atoms with Gasteiger partial charge in [-0.25, -0.2) is 4.39 Å². The molecule has 0 aliphatic heterocycles. The SMILES string of the molecule is CCC(Sc1nnc(-c2ccccc2F)o1)C(=O)NCc1ccccc1. The van der Waals surface area contributed by atoms with Crippen molar-refractivity contribution in [1.82, 2.24) is 15.5 Å². The second kappa shape index (κ2) is 8.62. The van der Waals surface area contributed by atoms with Gasteiger partial charge in [0.1, 0.15) is 5.82 Å². The molecule has 5 nitrogen and oxygen atoms in total. The molecule has 1 unspecified atom stereocenters. The number of amides is 1. The lowest BCUT2D eigenvalue weighted by Gasteiger charge is -2.12. The van der Waals surface area contributed by atoms with Gasteiger partial charge in [-0.1, -0.05) is 61.2 Å². The van der Waals surface area contributed by atoms with E-state index in [-0.39, 0.29) is 27.8 Å². The summed E-state index contributed by atoms with van der Waals surface area (Å²) in [5.41, 5.74) is 1.27. The Balaban J connectivity index is 1.63. The molecule has 3 aromatic rings. The highest BCUT2D eigenvalue weighted by Gasteiger charge is 2.22. The van der Waals surface area contributed by atoms with E-state index in [0.717, 1.165) is 5.56 Å². The molecule has 1 aromatic heterocycles. The lowest BCUT2D eigenvalue weighted by Crippen LogP contribution is -2.31. The maximum Gasteiger partial charge on any atom is 0.277 e. The third-order valence-electron chi connectivity index (χ3n) is 3.73. The second-order valence-corrected chi connectivity index (χ2v) is 6.73. The maximum atomic E-state index is 13.8. The summed E-state index contributed by atoms with van der Waals surface area (Å²) < 4.78 is 19.3. The Morgan fingerprint density at radius 2 is 1.88 bits per heavy atom. The molecule has 26 heavy (non-hydrogen) atoms. The molecule has 0 bridgehead atoms. The minimum atomic E-state index is -0.430. The van der Waals surface area contributed by atoms with Crippen LogP contribution in [0, 0.1) is 5.82 Å². The Morgan fingerprint density at radius 1 is 1.15 bits per heavy atom. The summed E-state index contributed by atoms with van der Waals surface area (Å²) in [6, 6.07) is 15.9. The normalized spacial score (nSPS) is 11.9. The third kappa shape index (κ3) is 4.49. The molecule has 1 amide bonds. The van der Waals surface area contributed by atoms with Crippen LogP contribution < -0.4 is 5.32 Å². The number of aromatic nitrogens is 2. The van der Waals surface area contributed by atoms with Gasteiger partial charge in [0.15, 0.2) is 0 Å². The van der Waals surface area contributed by atoms with Gasteiger partial charge in [-0.3, -0.25) is 4.79 Å². The van der Waals surface area contributed by atoms with Gasteiger partial charge >= 0.3 is 0 Å². The van der Waals surface area contributed by atoms with E-state index in [1.54, 1.807) is 18.2 Å². The highest BCUT2D eigenvalue weighted by molar-refractivity contribution is 8.00. The predicted molar refractivity (Wildman–Crippen MR) is 97.9 cm³/mol. The fraction of sp³-hybridized carbons (Fsp3) is 0.211. The number of nitrogens with one attached hydrogen (secondary N) is 1. The minimum absolute atomic E-state index is 0.102. The van der Waals surface area contributed by atoms with Crippen LogP contribution in [0.3, 0.4) is 0 Å². The van der Waals surface area contributed by atoms with Crippen LogP contribution in [0.5, 0.6) is 0 Å². The van der Waals surface area contributed by atoms with Crippen molar-refractivity contribution in [3.63, 3.8) is 0 Å². The molecule has 2 aromatic carbocycles. The van der Waals surface area contributed by atoms with Gasteiger partial charge in [-0.2, -0.15) is 0 Å². The van der Waals surface area contributed by atoms with Crippen LogP contribution in [0.2, 0.25) is 0 Å². The standard InChI is InChI=1S/C19H18FN3O2S/c1-2-16(17(24)21-12-13-8-4-3-5-9-13)26-19-23-22-18(25-19)14-10-6-7-11-15(14)20/h3-11,16H,2,12H2,1H3,(H,21,24). The Labute approximate surface area is 155 Å². The Kier molecular flexibility index (Phi) is 6.01. The van der Waals surface area contributed by atoms with Crippen LogP contribution in [-0.2, 0) is 11.3 Å². The Morgan fingerprint density at radius 3 is 2.62 bits per heavy atom. The molecule has 1 heterocycles. The molecule has 0 aliphatic rings. The fourth-order valence-electron chi connectivity index (χ4n) is 2.34. The van der Waals surface area contributed by atoms with Gasteiger partial charge in [-0.05, 0) is 24.1 Å². The highest BCUT2D eigenvalue weighted by atomic mass is 32.2. The zero-order valence-corrected chi connectivity index (χ0v) is 15.0. The van der Waals surface area contributed by atoms with Gasteiger partial charge in [-0.15, -0.1) is 10.2 Å². The van der Waals surface area contributed by atoms with E-state index < -0.39 is 5.82 Å². The largest absolute Gasteiger partial charge is 0.411 e. The average Bonchev–Trinajstić information content (AvgIpc) is 3.13. The van der Waals surface area contributed by atoms with E-state index in [1.807, 2.05) is 37.3 Å². The first-order valence-electron chi connectivity index (χ1n) is 8.24. The number of hydrogen-bond donors (Lipinski definition) is 1. The van der Waals surface area contributed by atoms with Crippen molar-refractivity contribution < 1.29 is 13.6 Å². The summed E-state index contributed by atoms with van der Waals surface area (Å²) in [7, 11) is 0. The summed E-state index contributed by atoms with van der Waals surface area (Å²) in [4.78, 5) is 12.4. The summed E-state index contributed by atoms with van der Waals surface area (Å²) in [5, 5.41) is 10.6. The van der Waals surface area contributed by atoms with E-state index in [9.17, 15) is 9.18 Å². The van der Waals surface area contributed by atoms with Gasteiger partial charge in [0.05, 0.1) is 10.8 Å². The third-order valence-corrected chi connectivity index (χ3v) is 4.93. The molecule has 3 rings (SSSR count). The van der Waals surface area contributed by atoms with E-state index in [2.05, 4.69) is 15.5 Å². The molecule has 1 N–H and O–H groups in total. The number of rotatable bonds is 7. The summed E-state index contributed by atoms with van der Waals surface area (Å²) in [6.45, 7) is 2.37.